The van der Waals surface area contributed by atoms with Crippen LogP contribution in [0.5, 0.6) is 0 Å². The molecular weight excluding hydrogens is 378 g/mol. The third kappa shape index (κ3) is 3.47. The van der Waals surface area contributed by atoms with Gasteiger partial charge in [0.05, 0.1) is 17.3 Å². The van der Waals surface area contributed by atoms with Crippen LogP contribution in [0.3, 0.4) is 0 Å². The van der Waals surface area contributed by atoms with Crippen molar-refractivity contribution in [3.8, 4) is 5.69 Å². The third-order valence-electron chi connectivity index (χ3n) is 4.77. The molecule has 9 heteroatoms. The number of halogens is 1. The molecule has 1 aliphatic rings. The SMILES string of the molecule is CCNC(=O)N1CCN(c2nc(C)nc3c2cnn3-c2cccc(Cl)c2)CC1. The van der Waals surface area contributed by atoms with Crippen molar-refractivity contribution in [2.45, 2.75) is 13.8 Å². The maximum Gasteiger partial charge on any atom is 0.317 e. The van der Waals surface area contributed by atoms with Crippen LogP contribution in [0.2, 0.25) is 5.02 Å². The second-order valence-corrected chi connectivity index (χ2v) is 7.11. The van der Waals surface area contributed by atoms with E-state index in [1.807, 2.05) is 43.0 Å². The normalized spacial score (nSPS) is 14.5. The molecule has 1 fully saturated rings. The highest BCUT2D eigenvalue weighted by atomic mass is 35.5. The Hall–Kier alpha value is -2.87. The summed E-state index contributed by atoms with van der Waals surface area (Å²) in [6, 6.07) is 7.51. The Morgan fingerprint density at radius 1 is 1.21 bits per heavy atom. The molecule has 1 aromatic carbocycles. The lowest BCUT2D eigenvalue weighted by atomic mass is 10.2. The lowest BCUT2D eigenvalue weighted by Crippen LogP contribution is -2.52. The van der Waals surface area contributed by atoms with E-state index in [2.05, 4.69) is 25.3 Å². The van der Waals surface area contributed by atoms with Crippen molar-refractivity contribution in [1.29, 1.82) is 0 Å². The molecule has 2 amide bonds. The van der Waals surface area contributed by atoms with E-state index in [9.17, 15) is 4.79 Å². The molecule has 0 bridgehead atoms. The highest BCUT2D eigenvalue weighted by molar-refractivity contribution is 6.30. The molecule has 0 saturated carbocycles. The van der Waals surface area contributed by atoms with Crippen LogP contribution >= 0.6 is 11.6 Å². The number of hydrogen-bond acceptors (Lipinski definition) is 5. The Bertz CT molecular complexity index is 1010. The van der Waals surface area contributed by atoms with Gasteiger partial charge < -0.3 is 15.1 Å². The van der Waals surface area contributed by atoms with Gasteiger partial charge in [-0.15, -0.1) is 0 Å². The number of nitrogens with one attached hydrogen (secondary N) is 1. The van der Waals surface area contributed by atoms with Gasteiger partial charge in [0.15, 0.2) is 5.65 Å². The van der Waals surface area contributed by atoms with E-state index >= 15 is 0 Å². The number of hydrogen-bond donors (Lipinski definition) is 1. The Labute approximate surface area is 168 Å². The molecule has 0 radical (unpaired) electrons. The number of rotatable bonds is 3. The number of amides is 2. The van der Waals surface area contributed by atoms with Gasteiger partial charge in [-0.3, -0.25) is 0 Å². The van der Waals surface area contributed by atoms with Gasteiger partial charge in [0, 0.05) is 37.7 Å². The average molecular weight is 400 g/mol. The summed E-state index contributed by atoms with van der Waals surface area (Å²) in [5.74, 6) is 1.53. The van der Waals surface area contributed by atoms with E-state index < -0.39 is 0 Å². The zero-order valence-corrected chi connectivity index (χ0v) is 16.6. The van der Waals surface area contributed by atoms with Crippen molar-refractivity contribution < 1.29 is 4.79 Å². The Morgan fingerprint density at radius 2 is 2.00 bits per heavy atom. The molecule has 1 aliphatic heterocycles. The maximum atomic E-state index is 12.0. The Morgan fingerprint density at radius 3 is 2.71 bits per heavy atom. The standard InChI is InChI=1S/C19H22ClN7O/c1-3-21-19(28)26-9-7-25(8-10-26)17-16-12-22-27(18(16)24-13(2)23-17)15-6-4-5-14(20)11-15/h4-6,11-12H,3,7-10H2,1-2H3,(H,21,28). The quantitative estimate of drug-likeness (QED) is 0.732. The molecule has 1 N–H and O–H groups in total. The molecule has 2 aromatic heterocycles. The van der Waals surface area contributed by atoms with Crippen molar-refractivity contribution in [3.63, 3.8) is 0 Å². The number of aryl methyl sites for hydroxylation is 1. The zero-order chi connectivity index (χ0) is 19.7. The number of carbonyl (C=O) groups is 1. The number of urea groups is 1. The summed E-state index contributed by atoms with van der Waals surface area (Å²) in [5, 5.41) is 8.91. The number of aromatic nitrogens is 4. The van der Waals surface area contributed by atoms with Crippen LogP contribution in [0.1, 0.15) is 12.7 Å². The summed E-state index contributed by atoms with van der Waals surface area (Å²) >= 11 is 6.14. The summed E-state index contributed by atoms with van der Waals surface area (Å²) in [6.45, 7) is 7.16. The van der Waals surface area contributed by atoms with Crippen molar-refractivity contribution in [1.82, 2.24) is 30.0 Å². The van der Waals surface area contributed by atoms with Crippen molar-refractivity contribution in [2.24, 2.45) is 0 Å². The van der Waals surface area contributed by atoms with Crippen molar-refractivity contribution in [2.75, 3.05) is 37.6 Å². The first kappa shape index (κ1) is 18.5. The molecule has 4 rings (SSSR count). The van der Waals surface area contributed by atoms with Gasteiger partial charge in [-0.2, -0.15) is 5.10 Å². The van der Waals surface area contributed by atoms with Crippen LogP contribution in [0.4, 0.5) is 10.6 Å². The van der Waals surface area contributed by atoms with Crippen molar-refractivity contribution >= 4 is 34.5 Å². The monoisotopic (exact) mass is 399 g/mol. The molecule has 146 valence electrons. The number of fused-ring (bicyclic) bond motifs is 1. The molecule has 0 aliphatic carbocycles. The summed E-state index contributed by atoms with van der Waals surface area (Å²) in [6.07, 6.45) is 1.79. The third-order valence-corrected chi connectivity index (χ3v) is 5.00. The number of anilines is 1. The summed E-state index contributed by atoms with van der Waals surface area (Å²) in [7, 11) is 0. The fourth-order valence-electron chi connectivity index (χ4n) is 3.42. The number of carbonyl (C=O) groups excluding carboxylic acids is 1. The minimum atomic E-state index is -0.0139. The minimum absolute atomic E-state index is 0.0139. The predicted octanol–water partition coefficient (Wildman–Crippen LogP) is 2.63. The smallest absolute Gasteiger partial charge is 0.317 e. The van der Waals surface area contributed by atoms with Crippen LogP contribution < -0.4 is 10.2 Å². The van der Waals surface area contributed by atoms with Crippen LogP contribution in [0.25, 0.3) is 16.7 Å². The first-order chi connectivity index (χ1) is 13.6. The van der Waals surface area contributed by atoms with Gasteiger partial charge in [-0.05, 0) is 32.0 Å². The molecule has 1 saturated heterocycles. The molecule has 0 spiro atoms. The van der Waals surface area contributed by atoms with E-state index in [0.29, 0.717) is 43.6 Å². The van der Waals surface area contributed by atoms with Gasteiger partial charge in [0.25, 0.3) is 0 Å². The van der Waals surface area contributed by atoms with Gasteiger partial charge in [-0.1, -0.05) is 17.7 Å². The minimum Gasteiger partial charge on any atom is -0.352 e. The van der Waals surface area contributed by atoms with Crippen LogP contribution in [0, 0.1) is 6.92 Å². The predicted molar refractivity (Wildman–Crippen MR) is 109 cm³/mol. The second-order valence-electron chi connectivity index (χ2n) is 6.68. The molecule has 3 heterocycles. The summed E-state index contributed by atoms with van der Waals surface area (Å²) in [4.78, 5) is 25.3. The fourth-order valence-corrected chi connectivity index (χ4v) is 3.61. The first-order valence-electron chi connectivity index (χ1n) is 9.33. The van der Waals surface area contributed by atoms with Gasteiger partial charge >= 0.3 is 6.03 Å². The molecule has 28 heavy (non-hydrogen) atoms. The number of nitrogens with zero attached hydrogens (tertiary/aromatic N) is 6. The van der Waals surface area contributed by atoms with Crippen LogP contribution in [-0.2, 0) is 0 Å². The Kier molecular flexibility index (Phi) is 5.04. The molecule has 0 unspecified atom stereocenters. The summed E-state index contributed by atoms with van der Waals surface area (Å²) in [5.41, 5.74) is 1.60. The Balaban J connectivity index is 1.65. The highest BCUT2D eigenvalue weighted by Crippen LogP contribution is 2.27. The first-order valence-corrected chi connectivity index (χ1v) is 9.70. The fraction of sp³-hybridized carbons (Fsp3) is 0.368. The van der Waals surface area contributed by atoms with Crippen LogP contribution in [-0.4, -0.2) is 63.4 Å². The molecular formula is C19H22ClN7O. The molecule has 3 aromatic rings. The van der Waals surface area contributed by atoms with E-state index in [-0.39, 0.29) is 6.03 Å². The topological polar surface area (TPSA) is 79.2 Å². The maximum absolute atomic E-state index is 12.0. The zero-order valence-electron chi connectivity index (χ0n) is 15.9. The molecule has 0 atom stereocenters. The van der Waals surface area contributed by atoms with Gasteiger partial charge in [-0.25, -0.2) is 19.4 Å². The molecule has 8 nitrogen and oxygen atoms in total. The highest BCUT2D eigenvalue weighted by Gasteiger charge is 2.24. The summed E-state index contributed by atoms with van der Waals surface area (Å²) < 4.78 is 1.78. The average Bonchev–Trinajstić information content (AvgIpc) is 3.11. The lowest BCUT2D eigenvalue weighted by Gasteiger charge is -2.35. The lowest BCUT2D eigenvalue weighted by molar-refractivity contribution is 0.195. The van der Waals surface area contributed by atoms with Crippen molar-refractivity contribution in [3.05, 3.63) is 41.3 Å². The van der Waals surface area contributed by atoms with E-state index in [0.717, 1.165) is 22.5 Å². The second kappa shape index (κ2) is 7.63. The van der Waals surface area contributed by atoms with Crippen LogP contribution in [0.15, 0.2) is 30.5 Å². The van der Waals surface area contributed by atoms with E-state index in [4.69, 9.17) is 11.6 Å². The van der Waals surface area contributed by atoms with E-state index in [1.165, 1.54) is 0 Å². The number of benzene rings is 1. The number of piperazine rings is 1. The van der Waals surface area contributed by atoms with Gasteiger partial charge in [0.2, 0.25) is 0 Å². The van der Waals surface area contributed by atoms with E-state index in [1.54, 1.807) is 10.9 Å². The van der Waals surface area contributed by atoms with Gasteiger partial charge in [0.1, 0.15) is 11.6 Å². The largest absolute Gasteiger partial charge is 0.352 e.